The molecule has 0 N–H and O–H groups in total. The van der Waals surface area contributed by atoms with E-state index in [1.165, 1.54) is 12.8 Å². The molecule has 0 heterocycles. The van der Waals surface area contributed by atoms with Crippen molar-refractivity contribution in [2.45, 2.75) is 12.8 Å². The number of fused-ring (bicyclic) bond motifs is 2. The largest absolute Gasteiger partial charge is 0.358 e. The van der Waals surface area contributed by atoms with Crippen molar-refractivity contribution in [2.75, 3.05) is 0 Å². The summed E-state index contributed by atoms with van der Waals surface area (Å²) in [5.41, 5.74) is 0. The maximum atomic E-state index is 4.07. The van der Waals surface area contributed by atoms with Crippen LogP contribution in [-0.2, 0) is 32.7 Å². The number of allylic oxidation sites excluding steroid dienone is 2. The molecule has 3 atom stereocenters. The molecule has 0 saturated heterocycles. The Kier molecular flexibility index (Phi) is 4.36. The predicted molar refractivity (Wildman–Crippen MR) is 40.6 cm³/mol. The van der Waals surface area contributed by atoms with E-state index >= 15 is 0 Å². The van der Waals surface area contributed by atoms with Gasteiger partial charge in [0.15, 0.2) is 0 Å². The van der Waals surface area contributed by atoms with Crippen molar-refractivity contribution in [3.05, 3.63) is 26.5 Å². The second kappa shape index (κ2) is 4.02. The maximum Gasteiger partial charge on any atom is 0 e. The first-order valence-electron chi connectivity index (χ1n) is 3.37. The normalized spacial score (nSPS) is 40.7. The van der Waals surface area contributed by atoms with E-state index in [2.05, 4.69) is 19.1 Å². The summed E-state index contributed by atoms with van der Waals surface area (Å²) in [7, 11) is 0. The molecule has 2 rings (SSSR count). The van der Waals surface area contributed by atoms with Gasteiger partial charge in [-0.25, -0.2) is 0 Å². The van der Waals surface area contributed by atoms with E-state index in [-0.39, 0.29) is 40.1 Å². The monoisotopic (exact) mass is 211 g/mol. The van der Waals surface area contributed by atoms with Gasteiger partial charge >= 0.3 is 0 Å². The fraction of sp³-hybridized carbons (Fsp3) is 0.556. The Morgan fingerprint density at radius 2 is 1.90 bits per heavy atom. The molecule has 0 aromatic heterocycles. The van der Waals surface area contributed by atoms with Crippen LogP contribution in [0.2, 0.25) is 0 Å². The number of hydrogen-bond donors (Lipinski definition) is 0. The van der Waals surface area contributed by atoms with Crippen molar-refractivity contribution < 1.29 is 32.7 Å². The molecule has 1 fully saturated rings. The van der Waals surface area contributed by atoms with Crippen LogP contribution in [0.5, 0.6) is 0 Å². The van der Waals surface area contributed by atoms with Gasteiger partial charge in [0.05, 0.1) is 0 Å². The summed E-state index contributed by atoms with van der Waals surface area (Å²) >= 11 is 0. The smallest absolute Gasteiger partial charge is 0 e. The molecule has 0 aromatic rings. The summed E-state index contributed by atoms with van der Waals surface area (Å²) in [6.07, 6.45) is 7.44. The van der Waals surface area contributed by atoms with E-state index in [1.807, 2.05) is 0 Å². The SMILES string of the molecule is [CH2-]C1CC2C=CC1C2.[CH3-].[Y]. The third kappa shape index (κ3) is 1.71. The van der Waals surface area contributed by atoms with Gasteiger partial charge in [-0.15, -0.1) is 0 Å². The van der Waals surface area contributed by atoms with E-state index in [1.54, 1.807) is 0 Å². The molecule has 0 amide bonds. The quantitative estimate of drug-likeness (QED) is 0.426. The average molecular weight is 211 g/mol. The Hall–Kier alpha value is 0.844. The average Bonchev–Trinajstić information content (AvgIpc) is 2.23. The van der Waals surface area contributed by atoms with Gasteiger partial charge in [0.25, 0.3) is 0 Å². The minimum absolute atomic E-state index is 0. The Morgan fingerprint density at radius 1 is 1.20 bits per heavy atom. The second-order valence-corrected chi connectivity index (χ2v) is 3.04. The van der Waals surface area contributed by atoms with Gasteiger partial charge in [-0.2, -0.15) is 5.92 Å². The molecule has 2 bridgehead atoms. The summed E-state index contributed by atoms with van der Waals surface area (Å²) in [6.45, 7) is 4.07. The van der Waals surface area contributed by atoms with Crippen LogP contribution in [0.1, 0.15) is 12.8 Å². The molecule has 1 saturated carbocycles. The molecule has 0 spiro atoms. The first-order valence-corrected chi connectivity index (χ1v) is 3.37. The van der Waals surface area contributed by atoms with Crippen LogP contribution in [0, 0.1) is 32.1 Å². The summed E-state index contributed by atoms with van der Waals surface area (Å²) in [5, 5.41) is 0. The van der Waals surface area contributed by atoms with Crippen LogP contribution >= 0.6 is 0 Å². The fourth-order valence-corrected chi connectivity index (χ4v) is 1.89. The van der Waals surface area contributed by atoms with E-state index in [4.69, 9.17) is 0 Å². The van der Waals surface area contributed by atoms with Crippen molar-refractivity contribution >= 4 is 0 Å². The van der Waals surface area contributed by atoms with Crippen LogP contribution in [0.4, 0.5) is 0 Å². The van der Waals surface area contributed by atoms with Crippen LogP contribution in [0.25, 0.3) is 0 Å². The van der Waals surface area contributed by atoms with Crippen molar-refractivity contribution in [1.82, 2.24) is 0 Å². The third-order valence-electron chi connectivity index (χ3n) is 2.42. The molecule has 2 aliphatic carbocycles. The molecule has 1 heteroatoms. The standard InChI is InChI=1S/C8H11.CH3.Y/c1-6-4-7-2-3-8(6)5-7;;/h2-3,6-8H,1,4-5H2;1H3;/q2*-1;. The fourth-order valence-electron chi connectivity index (χ4n) is 1.89. The molecule has 10 heavy (non-hydrogen) atoms. The molecule has 55 valence electrons. The Labute approximate surface area is 89.3 Å². The first kappa shape index (κ1) is 10.8. The minimum atomic E-state index is 0. The molecule has 0 aromatic carbocycles. The van der Waals surface area contributed by atoms with Crippen molar-refractivity contribution in [2.24, 2.45) is 17.8 Å². The summed E-state index contributed by atoms with van der Waals surface area (Å²) in [6, 6.07) is 0. The molecule has 0 nitrogen and oxygen atoms in total. The van der Waals surface area contributed by atoms with Gasteiger partial charge in [0.1, 0.15) is 0 Å². The summed E-state index contributed by atoms with van der Waals surface area (Å²) in [4.78, 5) is 0. The molecule has 0 aliphatic heterocycles. The Bertz CT molecular complexity index is 129. The zero-order valence-corrected chi connectivity index (χ0v) is 9.42. The Morgan fingerprint density at radius 3 is 2.10 bits per heavy atom. The molecular weight excluding hydrogens is 197 g/mol. The summed E-state index contributed by atoms with van der Waals surface area (Å²) in [5.74, 6) is 2.49. The Balaban J connectivity index is 0.000000405. The van der Waals surface area contributed by atoms with Gasteiger partial charge in [-0.1, -0.05) is 18.6 Å². The van der Waals surface area contributed by atoms with Crippen LogP contribution < -0.4 is 0 Å². The zero-order chi connectivity index (χ0) is 5.56. The minimum Gasteiger partial charge on any atom is -0.358 e. The van der Waals surface area contributed by atoms with Crippen LogP contribution in [0.3, 0.4) is 0 Å². The van der Waals surface area contributed by atoms with Crippen LogP contribution in [-0.4, -0.2) is 0 Å². The second-order valence-electron chi connectivity index (χ2n) is 3.04. The van der Waals surface area contributed by atoms with Crippen molar-refractivity contribution in [1.29, 1.82) is 0 Å². The van der Waals surface area contributed by atoms with Crippen LogP contribution in [0.15, 0.2) is 12.2 Å². The predicted octanol–water partition coefficient (Wildman–Crippen LogP) is 2.48. The van der Waals surface area contributed by atoms with E-state index in [9.17, 15) is 0 Å². The maximum absolute atomic E-state index is 4.07. The molecule has 1 radical (unpaired) electrons. The van der Waals surface area contributed by atoms with Gasteiger partial charge < -0.3 is 14.4 Å². The van der Waals surface area contributed by atoms with Gasteiger partial charge in [0, 0.05) is 32.7 Å². The first-order chi connectivity index (χ1) is 3.86. The van der Waals surface area contributed by atoms with Crippen molar-refractivity contribution in [3.63, 3.8) is 0 Å². The number of hydrogen-bond acceptors (Lipinski definition) is 0. The summed E-state index contributed by atoms with van der Waals surface area (Å²) < 4.78 is 0. The molecular formula is C9H14Y-2. The van der Waals surface area contributed by atoms with E-state index < -0.39 is 0 Å². The van der Waals surface area contributed by atoms with Crippen molar-refractivity contribution in [3.8, 4) is 0 Å². The topological polar surface area (TPSA) is 0 Å². The van der Waals surface area contributed by atoms with E-state index in [0.29, 0.717) is 0 Å². The third-order valence-corrected chi connectivity index (χ3v) is 2.42. The van der Waals surface area contributed by atoms with Gasteiger partial charge in [0.2, 0.25) is 0 Å². The number of rotatable bonds is 0. The van der Waals surface area contributed by atoms with Gasteiger partial charge in [-0.05, 0) is 18.3 Å². The molecule has 3 unspecified atom stereocenters. The van der Waals surface area contributed by atoms with E-state index in [0.717, 1.165) is 17.8 Å². The van der Waals surface area contributed by atoms with Gasteiger partial charge in [-0.3, -0.25) is 0 Å². The zero-order valence-electron chi connectivity index (χ0n) is 6.59. The molecule has 2 aliphatic rings.